The van der Waals surface area contributed by atoms with Crippen LogP contribution in [0.3, 0.4) is 0 Å². The summed E-state index contributed by atoms with van der Waals surface area (Å²) in [5.74, 6) is 2.13. The molecule has 0 fully saturated rings. The molecule has 1 amide bonds. The van der Waals surface area contributed by atoms with Gasteiger partial charge in [0, 0.05) is 23.6 Å². The molecule has 0 aliphatic heterocycles. The quantitative estimate of drug-likeness (QED) is 0.453. The highest BCUT2D eigenvalue weighted by atomic mass is 16.4. The van der Waals surface area contributed by atoms with E-state index in [4.69, 9.17) is 4.42 Å². The summed E-state index contributed by atoms with van der Waals surface area (Å²) >= 11 is 0. The number of rotatable bonds is 8. The molecule has 2 rings (SSSR count). The number of guanidine groups is 1. The fourth-order valence-electron chi connectivity index (χ4n) is 2.58. The highest BCUT2D eigenvalue weighted by Crippen LogP contribution is 2.22. The molecule has 3 N–H and O–H groups in total. The molecule has 0 radical (unpaired) electrons. The predicted molar refractivity (Wildman–Crippen MR) is 121 cm³/mol. The van der Waals surface area contributed by atoms with E-state index in [-0.39, 0.29) is 17.4 Å². The molecule has 0 saturated carbocycles. The number of carbonyl (C=O) groups is 1. The number of hydrogen-bond acceptors (Lipinski definition) is 4. The zero-order valence-electron chi connectivity index (χ0n) is 19.0. The SMILES string of the molecule is CCNC(=NCc1ccc(C(=O)NC(C)CC)cc1)NCc1ncc(C(C)(C)C)o1. The van der Waals surface area contributed by atoms with Crippen molar-refractivity contribution in [3.8, 4) is 0 Å². The van der Waals surface area contributed by atoms with E-state index < -0.39 is 0 Å². The second-order valence-corrected chi connectivity index (χ2v) is 8.40. The van der Waals surface area contributed by atoms with Crippen LogP contribution in [0, 0.1) is 0 Å². The van der Waals surface area contributed by atoms with Crippen molar-refractivity contribution in [2.75, 3.05) is 6.54 Å². The molecule has 2 aromatic rings. The Hall–Kier alpha value is -2.83. The smallest absolute Gasteiger partial charge is 0.251 e. The van der Waals surface area contributed by atoms with E-state index in [2.05, 4.69) is 46.7 Å². The minimum atomic E-state index is -0.0680. The third-order valence-corrected chi connectivity index (χ3v) is 4.67. The summed E-state index contributed by atoms with van der Waals surface area (Å²) in [6.45, 7) is 14.1. The third kappa shape index (κ3) is 7.21. The van der Waals surface area contributed by atoms with Crippen LogP contribution >= 0.6 is 0 Å². The number of benzene rings is 1. The molecule has 7 nitrogen and oxygen atoms in total. The minimum absolute atomic E-state index is 0.0463. The first-order valence-electron chi connectivity index (χ1n) is 10.6. The summed E-state index contributed by atoms with van der Waals surface area (Å²) in [4.78, 5) is 21.1. The van der Waals surface area contributed by atoms with Gasteiger partial charge in [-0.25, -0.2) is 9.98 Å². The molecule has 1 aromatic carbocycles. The first-order valence-corrected chi connectivity index (χ1v) is 10.6. The lowest BCUT2D eigenvalue weighted by atomic mass is 9.94. The summed E-state index contributed by atoms with van der Waals surface area (Å²) in [5.41, 5.74) is 1.62. The maximum absolute atomic E-state index is 12.2. The van der Waals surface area contributed by atoms with Gasteiger partial charge in [-0.1, -0.05) is 39.8 Å². The lowest BCUT2D eigenvalue weighted by Gasteiger charge is -2.13. The average Bonchev–Trinajstić information content (AvgIpc) is 3.20. The largest absolute Gasteiger partial charge is 0.443 e. The highest BCUT2D eigenvalue weighted by molar-refractivity contribution is 5.94. The first kappa shape index (κ1) is 23.4. The molecule has 0 aliphatic carbocycles. The molecule has 7 heteroatoms. The lowest BCUT2D eigenvalue weighted by Crippen LogP contribution is -2.36. The number of aliphatic imine (C=N–C) groups is 1. The molecule has 0 spiro atoms. The van der Waals surface area contributed by atoms with E-state index >= 15 is 0 Å². The van der Waals surface area contributed by atoms with Gasteiger partial charge in [-0.2, -0.15) is 0 Å². The van der Waals surface area contributed by atoms with Gasteiger partial charge in [0.15, 0.2) is 5.96 Å². The van der Waals surface area contributed by atoms with Crippen LogP contribution in [0.2, 0.25) is 0 Å². The number of oxazole rings is 1. The normalized spacial score (nSPS) is 13.1. The molecule has 1 aromatic heterocycles. The van der Waals surface area contributed by atoms with E-state index in [0.717, 1.165) is 24.3 Å². The van der Waals surface area contributed by atoms with Crippen molar-refractivity contribution in [2.24, 2.45) is 4.99 Å². The van der Waals surface area contributed by atoms with Gasteiger partial charge in [-0.3, -0.25) is 4.79 Å². The van der Waals surface area contributed by atoms with Crippen LogP contribution in [0.5, 0.6) is 0 Å². The van der Waals surface area contributed by atoms with Crippen LogP contribution < -0.4 is 16.0 Å². The molecule has 164 valence electrons. The Kier molecular flexibility index (Phi) is 8.45. The topological polar surface area (TPSA) is 91.5 Å². The first-order chi connectivity index (χ1) is 14.2. The Morgan fingerprint density at radius 1 is 1.17 bits per heavy atom. The minimum Gasteiger partial charge on any atom is -0.443 e. The molecule has 30 heavy (non-hydrogen) atoms. The fraction of sp³-hybridized carbons (Fsp3) is 0.522. The monoisotopic (exact) mass is 413 g/mol. The van der Waals surface area contributed by atoms with Gasteiger partial charge in [-0.15, -0.1) is 0 Å². The Bertz CT molecular complexity index is 834. The standard InChI is InChI=1S/C23H35N5O2/c1-7-16(3)28-21(29)18-11-9-17(10-12-18)13-26-22(24-8-2)27-15-20-25-14-19(30-20)23(4,5)6/h9-12,14,16H,7-8,13,15H2,1-6H3,(H,28,29)(H2,24,26,27). The summed E-state index contributed by atoms with van der Waals surface area (Å²) in [6.07, 6.45) is 2.68. The Morgan fingerprint density at radius 3 is 2.43 bits per heavy atom. The maximum Gasteiger partial charge on any atom is 0.251 e. The summed E-state index contributed by atoms with van der Waals surface area (Å²) in [5, 5.41) is 9.45. The molecule has 0 saturated heterocycles. The Balaban J connectivity index is 1.95. The molecule has 1 heterocycles. The Morgan fingerprint density at radius 2 is 1.87 bits per heavy atom. The van der Waals surface area contributed by atoms with Gasteiger partial charge in [-0.05, 0) is 38.0 Å². The van der Waals surface area contributed by atoms with Crippen molar-refractivity contribution in [2.45, 2.75) is 72.5 Å². The van der Waals surface area contributed by atoms with Crippen LogP contribution in [0.1, 0.15) is 75.5 Å². The number of hydrogen-bond donors (Lipinski definition) is 3. The summed E-state index contributed by atoms with van der Waals surface area (Å²) in [7, 11) is 0. The number of nitrogens with zero attached hydrogens (tertiary/aromatic N) is 2. The fourth-order valence-corrected chi connectivity index (χ4v) is 2.58. The van der Waals surface area contributed by atoms with Crippen molar-refractivity contribution >= 4 is 11.9 Å². The van der Waals surface area contributed by atoms with Crippen LogP contribution in [0.4, 0.5) is 0 Å². The van der Waals surface area contributed by atoms with Crippen LogP contribution in [0.25, 0.3) is 0 Å². The van der Waals surface area contributed by atoms with Crippen molar-refractivity contribution in [1.29, 1.82) is 0 Å². The molecule has 0 bridgehead atoms. The second-order valence-electron chi connectivity index (χ2n) is 8.40. The molecule has 1 atom stereocenters. The average molecular weight is 414 g/mol. The zero-order valence-corrected chi connectivity index (χ0v) is 19.0. The Labute approximate surface area is 179 Å². The van der Waals surface area contributed by atoms with E-state index in [9.17, 15) is 4.79 Å². The van der Waals surface area contributed by atoms with Gasteiger partial charge in [0.2, 0.25) is 5.89 Å². The van der Waals surface area contributed by atoms with E-state index in [1.54, 1.807) is 6.20 Å². The number of aromatic nitrogens is 1. The van der Waals surface area contributed by atoms with Crippen molar-refractivity contribution in [1.82, 2.24) is 20.9 Å². The van der Waals surface area contributed by atoms with Crippen molar-refractivity contribution < 1.29 is 9.21 Å². The number of carbonyl (C=O) groups excluding carboxylic acids is 1. The zero-order chi connectivity index (χ0) is 22.1. The molecular formula is C23H35N5O2. The maximum atomic E-state index is 12.2. The highest BCUT2D eigenvalue weighted by Gasteiger charge is 2.19. The van der Waals surface area contributed by atoms with E-state index in [0.29, 0.717) is 30.5 Å². The molecule has 1 unspecified atom stereocenters. The van der Waals surface area contributed by atoms with Gasteiger partial charge < -0.3 is 20.4 Å². The van der Waals surface area contributed by atoms with E-state index in [1.165, 1.54) is 0 Å². The van der Waals surface area contributed by atoms with Crippen LogP contribution in [-0.4, -0.2) is 29.4 Å². The van der Waals surface area contributed by atoms with Gasteiger partial charge in [0.05, 0.1) is 19.3 Å². The molecule has 0 aliphatic rings. The van der Waals surface area contributed by atoms with Gasteiger partial charge >= 0.3 is 0 Å². The van der Waals surface area contributed by atoms with Crippen LogP contribution in [0.15, 0.2) is 39.9 Å². The lowest BCUT2D eigenvalue weighted by molar-refractivity contribution is 0.0939. The molecular weight excluding hydrogens is 378 g/mol. The van der Waals surface area contributed by atoms with Crippen molar-refractivity contribution in [3.63, 3.8) is 0 Å². The van der Waals surface area contributed by atoms with Gasteiger partial charge in [0.1, 0.15) is 5.76 Å². The van der Waals surface area contributed by atoms with Gasteiger partial charge in [0.25, 0.3) is 5.91 Å². The number of amides is 1. The van der Waals surface area contributed by atoms with E-state index in [1.807, 2.05) is 45.0 Å². The third-order valence-electron chi connectivity index (χ3n) is 4.67. The van der Waals surface area contributed by atoms with Crippen LogP contribution in [-0.2, 0) is 18.5 Å². The summed E-state index contributed by atoms with van der Waals surface area (Å²) < 4.78 is 5.82. The summed E-state index contributed by atoms with van der Waals surface area (Å²) in [6, 6.07) is 7.71. The van der Waals surface area contributed by atoms with Crippen molar-refractivity contribution in [3.05, 3.63) is 53.2 Å². The second kappa shape index (κ2) is 10.8. The number of nitrogens with one attached hydrogen (secondary N) is 3. The predicted octanol–water partition coefficient (Wildman–Crippen LogP) is 3.76.